The Morgan fingerprint density at radius 3 is 2.90 bits per heavy atom. The van der Waals surface area contributed by atoms with E-state index >= 15 is 0 Å². The second kappa shape index (κ2) is 6.08. The SMILES string of the molecule is CCn1c(Sc2cccc(C#N)n2)nnc1-c1cccs1. The van der Waals surface area contributed by atoms with Gasteiger partial charge in [0.15, 0.2) is 11.0 Å². The molecule has 0 aliphatic heterocycles. The van der Waals surface area contributed by atoms with Gasteiger partial charge in [0.05, 0.1) is 4.88 Å². The van der Waals surface area contributed by atoms with Gasteiger partial charge in [-0.25, -0.2) is 4.98 Å². The number of hydrogen-bond donors (Lipinski definition) is 0. The quantitative estimate of drug-likeness (QED) is 0.738. The summed E-state index contributed by atoms with van der Waals surface area (Å²) in [5.41, 5.74) is 0.404. The van der Waals surface area contributed by atoms with Crippen LogP contribution in [-0.4, -0.2) is 19.7 Å². The molecule has 0 atom stereocenters. The minimum absolute atomic E-state index is 0.404. The molecule has 7 heteroatoms. The molecule has 0 aliphatic carbocycles. The molecule has 3 aromatic rings. The van der Waals surface area contributed by atoms with Crippen LogP contribution in [0.25, 0.3) is 10.7 Å². The molecule has 104 valence electrons. The molecule has 3 rings (SSSR count). The highest BCUT2D eigenvalue weighted by atomic mass is 32.2. The van der Waals surface area contributed by atoms with Gasteiger partial charge in [-0.05, 0) is 42.3 Å². The molecule has 0 bridgehead atoms. The van der Waals surface area contributed by atoms with Gasteiger partial charge in [0, 0.05) is 6.54 Å². The third kappa shape index (κ3) is 2.82. The van der Waals surface area contributed by atoms with Crippen molar-refractivity contribution in [2.75, 3.05) is 0 Å². The highest BCUT2D eigenvalue weighted by molar-refractivity contribution is 7.99. The van der Waals surface area contributed by atoms with Crippen LogP contribution < -0.4 is 0 Å². The predicted molar refractivity (Wildman–Crippen MR) is 82.1 cm³/mol. The number of aromatic nitrogens is 4. The third-order valence-corrected chi connectivity index (χ3v) is 4.60. The summed E-state index contributed by atoms with van der Waals surface area (Å²) in [4.78, 5) is 5.35. The molecule has 0 aromatic carbocycles. The van der Waals surface area contributed by atoms with Gasteiger partial charge >= 0.3 is 0 Å². The van der Waals surface area contributed by atoms with Crippen molar-refractivity contribution in [3.05, 3.63) is 41.4 Å². The molecule has 0 unspecified atom stereocenters. The van der Waals surface area contributed by atoms with Crippen molar-refractivity contribution in [3.8, 4) is 16.8 Å². The fraction of sp³-hybridized carbons (Fsp3) is 0.143. The zero-order valence-corrected chi connectivity index (χ0v) is 12.9. The van der Waals surface area contributed by atoms with Crippen LogP contribution in [0.1, 0.15) is 12.6 Å². The Labute approximate surface area is 130 Å². The van der Waals surface area contributed by atoms with Gasteiger partial charge in [-0.15, -0.1) is 21.5 Å². The molecule has 0 saturated heterocycles. The topological polar surface area (TPSA) is 67.4 Å². The van der Waals surface area contributed by atoms with Crippen molar-refractivity contribution in [2.24, 2.45) is 0 Å². The smallest absolute Gasteiger partial charge is 0.197 e. The first-order valence-corrected chi connectivity index (χ1v) is 8.03. The van der Waals surface area contributed by atoms with Crippen molar-refractivity contribution >= 4 is 23.1 Å². The second-order valence-electron chi connectivity index (χ2n) is 4.10. The lowest BCUT2D eigenvalue weighted by atomic mass is 10.4. The van der Waals surface area contributed by atoms with Gasteiger partial charge in [0.1, 0.15) is 16.8 Å². The minimum Gasteiger partial charge on any atom is -0.301 e. The molecule has 3 heterocycles. The molecule has 0 radical (unpaired) electrons. The maximum absolute atomic E-state index is 8.90. The van der Waals surface area contributed by atoms with Gasteiger partial charge in [-0.1, -0.05) is 12.1 Å². The third-order valence-electron chi connectivity index (χ3n) is 2.81. The van der Waals surface area contributed by atoms with Gasteiger partial charge in [-0.2, -0.15) is 5.26 Å². The molecule has 0 amide bonds. The van der Waals surface area contributed by atoms with E-state index in [0.29, 0.717) is 5.69 Å². The van der Waals surface area contributed by atoms with Gasteiger partial charge < -0.3 is 4.57 Å². The molecular weight excluding hydrogens is 302 g/mol. The summed E-state index contributed by atoms with van der Waals surface area (Å²) in [6.45, 7) is 2.84. The normalized spacial score (nSPS) is 10.5. The molecule has 21 heavy (non-hydrogen) atoms. The molecule has 5 nitrogen and oxygen atoms in total. The van der Waals surface area contributed by atoms with Crippen molar-refractivity contribution in [3.63, 3.8) is 0 Å². The Morgan fingerprint density at radius 2 is 2.19 bits per heavy atom. The van der Waals surface area contributed by atoms with E-state index < -0.39 is 0 Å². The van der Waals surface area contributed by atoms with Crippen LogP contribution >= 0.6 is 23.1 Å². The van der Waals surface area contributed by atoms with E-state index in [-0.39, 0.29) is 0 Å². The predicted octanol–water partition coefficient (Wildman–Crippen LogP) is 3.44. The summed E-state index contributed by atoms with van der Waals surface area (Å²) in [6, 6.07) is 11.4. The average molecular weight is 313 g/mol. The average Bonchev–Trinajstić information content (AvgIpc) is 3.16. The first-order chi connectivity index (χ1) is 10.3. The van der Waals surface area contributed by atoms with E-state index in [9.17, 15) is 0 Å². The zero-order valence-electron chi connectivity index (χ0n) is 11.2. The number of hydrogen-bond acceptors (Lipinski definition) is 6. The molecule has 0 aliphatic rings. The molecule has 0 spiro atoms. The van der Waals surface area contributed by atoms with E-state index in [1.807, 2.05) is 35.7 Å². The van der Waals surface area contributed by atoms with Crippen LogP contribution in [0.2, 0.25) is 0 Å². The van der Waals surface area contributed by atoms with Gasteiger partial charge in [0.2, 0.25) is 0 Å². The number of thiophene rings is 1. The van der Waals surface area contributed by atoms with Crippen molar-refractivity contribution < 1.29 is 0 Å². The highest BCUT2D eigenvalue weighted by Crippen LogP contribution is 2.30. The lowest BCUT2D eigenvalue weighted by Gasteiger charge is -2.05. The van der Waals surface area contributed by atoms with Crippen molar-refractivity contribution in [1.29, 1.82) is 5.26 Å². The first-order valence-electron chi connectivity index (χ1n) is 6.34. The maximum atomic E-state index is 8.90. The zero-order chi connectivity index (χ0) is 14.7. The molecular formula is C14H11N5S2. The Bertz CT molecular complexity index is 786. The summed E-state index contributed by atoms with van der Waals surface area (Å²) in [5.74, 6) is 0.867. The Hall–Kier alpha value is -2.17. The van der Waals surface area contributed by atoms with Crippen molar-refractivity contribution in [2.45, 2.75) is 23.7 Å². The Kier molecular flexibility index (Phi) is 3.99. The second-order valence-corrected chi connectivity index (χ2v) is 6.04. The summed E-state index contributed by atoms with van der Waals surface area (Å²) in [5, 5.41) is 21.0. The lowest BCUT2D eigenvalue weighted by molar-refractivity contribution is 0.687. The Balaban J connectivity index is 1.94. The van der Waals surface area contributed by atoms with Crippen LogP contribution in [0.3, 0.4) is 0 Å². The van der Waals surface area contributed by atoms with Gasteiger partial charge in [-0.3, -0.25) is 0 Å². The van der Waals surface area contributed by atoms with Crippen molar-refractivity contribution in [1.82, 2.24) is 19.7 Å². The summed E-state index contributed by atoms with van der Waals surface area (Å²) in [6.07, 6.45) is 0. The Morgan fingerprint density at radius 1 is 1.29 bits per heavy atom. The first kappa shape index (κ1) is 13.8. The van der Waals surface area contributed by atoms with Gasteiger partial charge in [0.25, 0.3) is 0 Å². The van der Waals surface area contributed by atoms with E-state index in [1.54, 1.807) is 17.4 Å². The molecule has 3 aromatic heterocycles. The number of pyridine rings is 1. The van der Waals surface area contributed by atoms with Crippen LogP contribution in [-0.2, 0) is 6.54 Å². The molecule has 0 N–H and O–H groups in total. The van der Waals surface area contributed by atoms with E-state index in [1.165, 1.54) is 11.8 Å². The number of nitriles is 1. The standard InChI is InChI=1S/C14H11N5S2/c1-2-19-13(11-6-4-8-20-11)17-18-14(19)21-12-7-3-5-10(9-15)16-12/h3-8H,2H2,1H3. The van der Waals surface area contributed by atoms with E-state index in [2.05, 4.69) is 26.7 Å². The highest BCUT2D eigenvalue weighted by Gasteiger charge is 2.15. The summed E-state index contributed by atoms with van der Waals surface area (Å²) < 4.78 is 2.05. The van der Waals surface area contributed by atoms with Crippen LogP contribution in [0.15, 0.2) is 45.9 Å². The maximum Gasteiger partial charge on any atom is 0.197 e. The molecule has 0 saturated carbocycles. The lowest BCUT2D eigenvalue weighted by Crippen LogP contribution is -1.99. The number of rotatable bonds is 4. The minimum atomic E-state index is 0.404. The largest absolute Gasteiger partial charge is 0.301 e. The van der Waals surface area contributed by atoms with Crippen LogP contribution in [0.4, 0.5) is 0 Å². The summed E-state index contributed by atoms with van der Waals surface area (Å²) >= 11 is 3.06. The molecule has 0 fully saturated rings. The number of nitrogens with zero attached hydrogens (tertiary/aromatic N) is 5. The van der Waals surface area contributed by atoms with E-state index in [0.717, 1.165) is 27.4 Å². The monoisotopic (exact) mass is 313 g/mol. The fourth-order valence-electron chi connectivity index (χ4n) is 1.86. The van der Waals surface area contributed by atoms with Crippen LogP contribution in [0, 0.1) is 11.3 Å². The van der Waals surface area contributed by atoms with E-state index in [4.69, 9.17) is 5.26 Å². The summed E-state index contributed by atoms with van der Waals surface area (Å²) in [7, 11) is 0. The fourth-order valence-corrected chi connectivity index (χ4v) is 3.47. The van der Waals surface area contributed by atoms with Crippen LogP contribution in [0.5, 0.6) is 0 Å².